The molecule has 4 aromatic rings. The van der Waals surface area contributed by atoms with Crippen molar-refractivity contribution in [1.29, 1.82) is 0 Å². The van der Waals surface area contributed by atoms with Crippen LogP contribution in [0.4, 0.5) is 0 Å². The second-order valence-electron chi connectivity index (χ2n) is 5.65. The summed E-state index contributed by atoms with van der Waals surface area (Å²) in [6.45, 7) is 0. The van der Waals surface area contributed by atoms with Crippen LogP contribution in [0.25, 0.3) is 21.9 Å². The Morgan fingerprint density at radius 3 is 2.23 bits per heavy atom. The highest BCUT2D eigenvalue weighted by atomic mass is 32.1. The topological polar surface area (TPSA) is 39.2 Å². The molecule has 1 aromatic heterocycles. The Hall–Kier alpha value is -3.24. The number of para-hydroxylation sites is 2. The van der Waals surface area contributed by atoms with Gasteiger partial charge in [0.25, 0.3) is 0 Å². The van der Waals surface area contributed by atoms with Gasteiger partial charge in [-0.15, -0.1) is 11.3 Å². The fourth-order valence-corrected chi connectivity index (χ4v) is 3.51. The molecule has 0 atom stereocenters. The molecule has 0 N–H and O–H groups in total. The third-order valence-corrected chi connectivity index (χ3v) is 4.82. The molecule has 0 saturated carbocycles. The number of carbonyl (C=O) groups excluding carboxylic acids is 1. The van der Waals surface area contributed by atoms with E-state index in [1.54, 1.807) is 29.5 Å². The summed E-state index contributed by atoms with van der Waals surface area (Å²) in [7, 11) is 0. The van der Waals surface area contributed by atoms with Crippen LogP contribution in [0.1, 0.15) is 10.6 Å². The fourth-order valence-electron chi connectivity index (χ4n) is 2.60. The second kappa shape index (κ2) is 7.33. The summed E-state index contributed by atoms with van der Waals surface area (Å²) in [6.07, 6.45) is 1.80. The summed E-state index contributed by atoms with van der Waals surface area (Å²) in [4.78, 5) is 17.4. The first-order chi connectivity index (χ1) is 12.8. The largest absolute Gasteiger partial charge is 0.423 e. The second-order valence-corrected chi connectivity index (χ2v) is 6.71. The Kier molecular flexibility index (Phi) is 4.58. The van der Waals surface area contributed by atoms with Crippen LogP contribution in [0.2, 0.25) is 0 Å². The predicted octanol–water partition coefficient (Wildman–Crippen LogP) is 5.44. The first-order valence-corrected chi connectivity index (χ1v) is 9.01. The zero-order valence-electron chi connectivity index (χ0n) is 13.8. The van der Waals surface area contributed by atoms with E-state index in [1.807, 2.05) is 72.8 Å². The number of hydrogen-bond acceptors (Lipinski definition) is 4. The molecular weight excluding hydrogens is 342 g/mol. The number of nitrogens with zero attached hydrogens (tertiary/aromatic N) is 1. The molecule has 0 amide bonds. The van der Waals surface area contributed by atoms with Crippen molar-refractivity contribution in [2.45, 2.75) is 0 Å². The Morgan fingerprint density at radius 2 is 1.50 bits per heavy atom. The molecule has 3 nitrogen and oxygen atoms in total. The normalized spacial score (nSPS) is 11.5. The lowest BCUT2D eigenvalue weighted by Gasteiger charge is -2.08. The number of thiazole rings is 1. The van der Waals surface area contributed by atoms with Gasteiger partial charge in [0.1, 0.15) is 10.8 Å². The van der Waals surface area contributed by atoms with Gasteiger partial charge in [0.15, 0.2) is 0 Å². The van der Waals surface area contributed by atoms with E-state index in [1.165, 1.54) is 0 Å². The van der Waals surface area contributed by atoms with Crippen molar-refractivity contribution >= 4 is 39.2 Å². The average Bonchev–Trinajstić information content (AvgIpc) is 3.10. The quantitative estimate of drug-likeness (QED) is 0.277. The minimum atomic E-state index is -0.401. The van der Waals surface area contributed by atoms with Gasteiger partial charge in [0.2, 0.25) is 0 Å². The summed E-state index contributed by atoms with van der Waals surface area (Å²) in [6, 6.07) is 26.5. The van der Waals surface area contributed by atoms with Crippen LogP contribution in [0.15, 0.2) is 84.9 Å². The highest BCUT2D eigenvalue weighted by Gasteiger charge is 2.16. The fraction of sp³-hybridized carbons (Fsp3) is 0. The van der Waals surface area contributed by atoms with E-state index in [0.29, 0.717) is 11.3 Å². The van der Waals surface area contributed by atoms with Gasteiger partial charge < -0.3 is 4.74 Å². The minimum absolute atomic E-state index is 0.401. The van der Waals surface area contributed by atoms with E-state index in [-0.39, 0.29) is 0 Å². The van der Waals surface area contributed by atoms with Gasteiger partial charge in [-0.2, -0.15) is 0 Å². The molecule has 0 fully saturated rings. The van der Waals surface area contributed by atoms with Crippen LogP contribution in [-0.4, -0.2) is 11.0 Å². The molecule has 0 aliphatic heterocycles. The molecule has 4 rings (SSSR count). The Bertz CT molecular complexity index is 1040. The number of ether oxygens (including phenoxy) is 1. The van der Waals surface area contributed by atoms with Gasteiger partial charge >= 0.3 is 5.97 Å². The van der Waals surface area contributed by atoms with Gasteiger partial charge in [-0.3, -0.25) is 0 Å². The van der Waals surface area contributed by atoms with Crippen LogP contribution in [0, 0.1) is 0 Å². The number of fused-ring (bicyclic) bond motifs is 1. The molecule has 26 heavy (non-hydrogen) atoms. The summed E-state index contributed by atoms with van der Waals surface area (Å²) in [5, 5.41) is 0.773. The number of benzene rings is 3. The minimum Gasteiger partial charge on any atom is -0.423 e. The van der Waals surface area contributed by atoms with E-state index >= 15 is 0 Å². The average molecular weight is 357 g/mol. The zero-order chi connectivity index (χ0) is 17.8. The number of rotatable bonds is 4. The Balaban J connectivity index is 1.74. The summed E-state index contributed by atoms with van der Waals surface area (Å²) >= 11 is 1.55. The van der Waals surface area contributed by atoms with Gasteiger partial charge in [-0.25, -0.2) is 9.78 Å². The molecule has 0 saturated heterocycles. The maximum atomic E-state index is 12.8. The lowest BCUT2D eigenvalue weighted by molar-refractivity contribution is -0.127. The van der Waals surface area contributed by atoms with Crippen molar-refractivity contribution in [3.8, 4) is 5.75 Å². The SMILES string of the molecule is O=C(Oc1ccccc1)/C(=C\c1nc2ccccc2s1)c1ccccc1. The van der Waals surface area contributed by atoms with Crippen LogP contribution in [-0.2, 0) is 4.79 Å². The van der Waals surface area contributed by atoms with Crippen LogP contribution in [0.3, 0.4) is 0 Å². The van der Waals surface area contributed by atoms with Crippen molar-refractivity contribution in [2.24, 2.45) is 0 Å². The maximum Gasteiger partial charge on any atom is 0.344 e. The van der Waals surface area contributed by atoms with Gasteiger partial charge in [-0.1, -0.05) is 60.7 Å². The van der Waals surface area contributed by atoms with E-state index in [4.69, 9.17) is 4.74 Å². The molecular formula is C22H15NO2S. The molecule has 4 heteroatoms. The summed E-state index contributed by atoms with van der Waals surface area (Å²) in [5.74, 6) is 0.116. The zero-order valence-corrected chi connectivity index (χ0v) is 14.6. The van der Waals surface area contributed by atoms with E-state index in [2.05, 4.69) is 4.98 Å². The van der Waals surface area contributed by atoms with Crippen molar-refractivity contribution in [3.05, 3.63) is 95.5 Å². The molecule has 3 aromatic carbocycles. The van der Waals surface area contributed by atoms with Crippen molar-refractivity contribution in [3.63, 3.8) is 0 Å². The summed E-state index contributed by atoms with van der Waals surface area (Å²) in [5.41, 5.74) is 2.20. The monoisotopic (exact) mass is 357 g/mol. The van der Waals surface area contributed by atoms with Crippen LogP contribution in [0.5, 0.6) is 5.75 Å². The molecule has 0 unspecified atom stereocenters. The Labute approximate surface area is 155 Å². The lowest BCUT2D eigenvalue weighted by Crippen LogP contribution is -2.10. The number of hydrogen-bond donors (Lipinski definition) is 0. The molecule has 0 radical (unpaired) electrons. The maximum absolute atomic E-state index is 12.8. The third kappa shape index (κ3) is 3.55. The molecule has 0 bridgehead atoms. The van der Waals surface area contributed by atoms with Crippen LogP contribution < -0.4 is 4.74 Å². The number of carbonyl (C=O) groups is 1. The standard InChI is InChI=1S/C22H15NO2S/c24-22(25-17-11-5-2-6-12-17)18(16-9-3-1-4-10-16)15-21-23-19-13-7-8-14-20(19)26-21/h1-15H/b18-15-. The first-order valence-electron chi connectivity index (χ1n) is 8.19. The predicted molar refractivity (Wildman–Crippen MR) is 106 cm³/mol. The van der Waals surface area contributed by atoms with E-state index in [9.17, 15) is 4.79 Å². The molecule has 1 heterocycles. The van der Waals surface area contributed by atoms with Crippen molar-refractivity contribution in [2.75, 3.05) is 0 Å². The van der Waals surface area contributed by atoms with Gasteiger partial charge in [0, 0.05) is 0 Å². The molecule has 0 aliphatic carbocycles. The Morgan fingerprint density at radius 1 is 0.846 bits per heavy atom. The smallest absolute Gasteiger partial charge is 0.344 e. The number of esters is 1. The number of aromatic nitrogens is 1. The highest BCUT2D eigenvalue weighted by molar-refractivity contribution is 7.19. The first kappa shape index (κ1) is 16.2. The lowest BCUT2D eigenvalue weighted by atomic mass is 10.1. The highest BCUT2D eigenvalue weighted by Crippen LogP contribution is 2.27. The summed E-state index contributed by atoms with van der Waals surface area (Å²) < 4.78 is 6.63. The molecule has 0 spiro atoms. The van der Waals surface area contributed by atoms with Gasteiger partial charge in [0.05, 0.1) is 15.8 Å². The third-order valence-electron chi connectivity index (χ3n) is 3.84. The van der Waals surface area contributed by atoms with Crippen molar-refractivity contribution < 1.29 is 9.53 Å². The van der Waals surface area contributed by atoms with E-state index in [0.717, 1.165) is 20.8 Å². The van der Waals surface area contributed by atoms with Gasteiger partial charge in [-0.05, 0) is 35.9 Å². The molecule has 126 valence electrons. The van der Waals surface area contributed by atoms with E-state index < -0.39 is 5.97 Å². The van der Waals surface area contributed by atoms with Crippen molar-refractivity contribution in [1.82, 2.24) is 4.98 Å². The van der Waals surface area contributed by atoms with Crippen LogP contribution >= 0.6 is 11.3 Å². The molecule has 0 aliphatic rings.